The van der Waals surface area contributed by atoms with Crippen molar-refractivity contribution in [2.75, 3.05) is 6.61 Å². The molecular weight excluding hydrogens is 268 g/mol. The van der Waals surface area contributed by atoms with Crippen LogP contribution in [0.4, 0.5) is 0 Å². The number of ether oxygens (including phenoxy) is 1. The fraction of sp³-hybridized carbons (Fsp3) is 0.400. The number of nitrogens with zero attached hydrogens (tertiary/aromatic N) is 3. The average Bonchev–Trinajstić information content (AvgIpc) is 2.71. The average molecular weight is 288 g/mol. The van der Waals surface area contributed by atoms with Gasteiger partial charge in [0.25, 0.3) is 5.91 Å². The molecule has 2 heterocycles. The van der Waals surface area contributed by atoms with Crippen molar-refractivity contribution in [2.24, 2.45) is 7.05 Å². The molecule has 0 atom stereocenters. The lowest BCUT2D eigenvalue weighted by molar-refractivity contribution is 0.0949. The second-order valence-electron chi connectivity index (χ2n) is 4.75. The zero-order valence-corrected chi connectivity index (χ0v) is 12.8. The molecule has 21 heavy (non-hydrogen) atoms. The van der Waals surface area contributed by atoms with Crippen LogP contribution in [0.15, 0.2) is 18.3 Å². The molecule has 0 unspecified atom stereocenters. The van der Waals surface area contributed by atoms with Crippen LogP contribution in [0, 0.1) is 13.8 Å². The van der Waals surface area contributed by atoms with Crippen molar-refractivity contribution in [1.29, 1.82) is 0 Å². The number of carbonyl (C=O) groups excluding carboxylic acids is 1. The number of carbonyl (C=O) groups is 1. The molecule has 0 saturated carbocycles. The van der Waals surface area contributed by atoms with E-state index in [1.54, 1.807) is 10.9 Å². The van der Waals surface area contributed by atoms with E-state index in [0.717, 1.165) is 17.0 Å². The quantitative estimate of drug-likeness (QED) is 0.910. The van der Waals surface area contributed by atoms with Crippen LogP contribution < -0.4 is 10.1 Å². The van der Waals surface area contributed by atoms with Crippen LogP contribution in [0.1, 0.15) is 34.2 Å². The lowest BCUT2D eigenvalue weighted by atomic mass is 10.2. The number of rotatable bonds is 5. The highest BCUT2D eigenvalue weighted by Crippen LogP contribution is 2.15. The molecule has 0 bridgehead atoms. The van der Waals surface area contributed by atoms with Crippen molar-refractivity contribution in [3.8, 4) is 5.88 Å². The van der Waals surface area contributed by atoms with E-state index in [1.807, 2.05) is 40.0 Å². The molecular formula is C15H20N4O2. The molecule has 0 aliphatic rings. The predicted molar refractivity (Wildman–Crippen MR) is 79.3 cm³/mol. The molecule has 0 saturated heterocycles. The molecule has 0 fully saturated rings. The maximum Gasteiger partial charge on any atom is 0.255 e. The topological polar surface area (TPSA) is 69.0 Å². The van der Waals surface area contributed by atoms with Crippen LogP contribution >= 0.6 is 0 Å². The van der Waals surface area contributed by atoms with Crippen molar-refractivity contribution < 1.29 is 9.53 Å². The Bertz CT molecular complexity index is 649. The van der Waals surface area contributed by atoms with E-state index in [0.29, 0.717) is 24.6 Å². The smallest absolute Gasteiger partial charge is 0.255 e. The summed E-state index contributed by atoms with van der Waals surface area (Å²) in [6.45, 7) is 6.52. The molecule has 1 amide bonds. The first-order chi connectivity index (χ1) is 10.0. The number of pyridine rings is 1. The van der Waals surface area contributed by atoms with Gasteiger partial charge >= 0.3 is 0 Å². The summed E-state index contributed by atoms with van der Waals surface area (Å²) >= 11 is 0. The van der Waals surface area contributed by atoms with E-state index in [2.05, 4.69) is 15.4 Å². The Balaban J connectivity index is 2.11. The second kappa shape index (κ2) is 6.39. The summed E-state index contributed by atoms with van der Waals surface area (Å²) in [5, 5.41) is 7.15. The van der Waals surface area contributed by atoms with E-state index in [-0.39, 0.29) is 5.91 Å². The molecule has 6 heteroatoms. The maximum absolute atomic E-state index is 12.3. The van der Waals surface area contributed by atoms with Gasteiger partial charge in [-0.1, -0.05) is 6.07 Å². The van der Waals surface area contributed by atoms with Gasteiger partial charge in [0.05, 0.1) is 17.9 Å². The molecule has 0 aromatic carbocycles. The van der Waals surface area contributed by atoms with Crippen LogP contribution in [0.5, 0.6) is 5.88 Å². The van der Waals surface area contributed by atoms with Crippen molar-refractivity contribution in [3.05, 3.63) is 40.8 Å². The van der Waals surface area contributed by atoms with Crippen LogP contribution in [-0.4, -0.2) is 27.3 Å². The highest BCUT2D eigenvalue weighted by molar-refractivity contribution is 5.96. The lowest BCUT2D eigenvalue weighted by Crippen LogP contribution is -2.24. The summed E-state index contributed by atoms with van der Waals surface area (Å²) in [7, 11) is 1.83. The van der Waals surface area contributed by atoms with Gasteiger partial charge in [-0.3, -0.25) is 9.48 Å². The maximum atomic E-state index is 12.3. The molecule has 112 valence electrons. The standard InChI is InChI=1S/C15H20N4O2/c1-5-21-15-12(7-6-8-16-15)9-17-14(20)13-10(2)18-19(4)11(13)3/h6-8H,5,9H2,1-4H3,(H,17,20). The van der Waals surface area contributed by atoms with Gasteiger partial charge in [0.15, 0.2) is 0 Å². The SMILES string of the molecule is CCOc1ncccc1CNC(=O)c1c(C)nn(C)c1C. The number of nitrogens with one attached hydrogen (secondary N) is 1. The predicted octanol–water partition coefficient (Wildman–Crippen LogP) is 1.76. The Hall–Kier alpha value is -2.37. The minimum Gasteiger partial charge on any atom is -0.478 e. The van der Waals surface area contributed by atoms with Gasteiger partial charge in [-0.2, -0.15) is 5.10 Å². The molecule has 2 aromatic rings. The summed E-state index contributed by atoms with van der Waals surface area (Å²) in [6, 6.07) is 3.71. The van der Waals surface area contributed by atoms with E-state index < -0.39 is 0 Å². The normalized spacial score (nSPS) is 10.5. The van der Waals surface area contributed by atoms with Gasteiger partial charge in [-0.05, 0) is 26.8 Å². The third-order valence-electron chi connectivity index (χ3n) is 3.31. The first kappa shape index (κ1) is 15.0. The number of hydrogen-bond donors (Lipinski definition) is 1. The number of hydrogen-bond acceptors (Lipinski definition) is 4. The summed E-state index contributed by atoms with van der Waals surface area (Å²) in [6.07, 6.45) is 1.67. The van der Waals surface area contributed by atoms with E-state index in [1.165, 1.54) is 0 Å². The van der Waals surface area contributed by atoms with Crippen LogP contribution in [0.2, 0.25) is 0 Å². The molecule has 0 radical (unpaired) electrons. The Labute approximate surface area is 124 Å². The summed E-state index contributed by atoms with van der Waals surface area (Å²) in [5.74, 6) is 0.421. The van der Waals surface area contributed by atoms with E-state index in [9.17, 15) is 4.79 Å². The van der Waals surface area contributed by atoms with Crippen LogP contribution in [0.25, 0.3) is 0 Å². The molecule has 2 aromatic heterocycles. The van der Waals surface area contributed by atoms with Crippen molar-refractivity contribution >= 4 is 5.91 Å². The molecule has 0 aliphatic carbocycles. The van der Waals surface area contributed by atoms with E-state index in [4.69, 9.17) is 4.74 Å². The Morgan fingerprint density at radius 1 is 1.43 bits per heavy atom. The largest absolute Gasteiger partial charge is 0.478 e. The molecule has 6 nitrogen and oxygen atoms in total. The second-order valence-corrected chi connectivity index (χ2v) is 4.75. The third-order valence-corrected chi connectivity index (χ3v) is 3.31. The monoisotopic (exact) mass is 288 g/mol. The highest BCUT2D eigenvalue weighted by atomic mass is 16.5. The summed E-state index contributed by atoms with van der Waals surface area (Å²) < 4.78 is 7.16. The molecule has 0 aliphatic heterocycles. The first-order valence-electron chi connectivity index (χ1n) is 6.89. The minimum absolute atomic E-state index is 0.135. The van der Waals surface area contributed by atoms with E-state index >= 15 is 0 Å². The zero-order valence-electron chi connectivity index (χ0n) is 12.8. The number of aryl methyl sites for hydroxylation is 2. The highest BCUT2D eigenvalue weighted by Gasteiger charge is 2.17. The molecule has 1 N–H and O–H groups in total. The minimum atomic E-state index is -0.135. The van der Waals surface area contributed by atoms with Gasteiger partial charge in [0.2, 0.25) is 5.88 Å². The first-order valence-corrected chi connectivity index (χ1v) is 6.89. The van der Waals surface area contributed by atoms with Gasteiger partial charge in [-0.25, -0.2) is 4.98 Å². The van der Waals surface area contributed by atoms with Crippen LogP contribution in [-0.2, 0) is 13.6 Å². The Kier molecular flexibility index (Phi) is 4.57. The Morgan fingerprint density at radius 2 is 2.19 bits per heavy atom. The van der Waals surface area contributed by atoms with Gasteiger partial charge < -0.3 is 10.1 Å². The van der Waals surface area contributed by atoms with Gasteiger partial charge in [-0.15, -0.1) is 0 Å². The van der Waals surface area contributed by atoms with Crippen LogP contribution in [0.3, 0.4) is 0 Å². The zero-order chi connectivity index (χ0) is 15.4. The molecule has 0 spiro atoms. The van der Waals surface area contributed by atoms with Crippen molar-refractivity contribution in [3.63, 3.8) is 0 Å². The fourth-order valence-electron chi connectivity index (χ4n) is 2.19. The van der Waals surface area contributed by atoms with Crippen molar-refractivity contribution in [1.82, 2.24) is 20.1 Å². The van der Waals surface area contributed by atoms with Gasteiger partial charge in [0, 0.05) is 31.0 Å². The lowest BCUT2D eigenvalue weighted by Gasteiger charge is -2.10. The van der Waals surface area contributed by atoms with Crippen molar-refractivity contribution in [2.45, 2.75) is 27.3 Å². The third kappa shape index (κ3) is 3.21. The van der Waals surface area contributed by atoms with Gasteiger partial charge in [0.1, 0.15) is 0 Å². The number of aromatic nitrogens is 3. The summed E-state index contributed by atoms with van der Waals surface area (Å²) in [4.78, 5) is 16.5. The fourth-order valence-corrected chi connectivity index (χ4v) is 2.19. The number of amides is 1. The Morgan fingerprint density at radius 3 is 2.81 bits per heavy atom. The summed E-state index contributed by atoms with van der Waals surface area (Å²) in [5.41, 5.74) is 3.05. The molecule has 2 rings (SSSR count).